The zero-order valence-electron chi connectivity index (χ0n) is 13.7. The molecule has 2 heterocycles. The molecule has 2 atom stereocenters. The highest BCUT2D eigenvalue weighted by molar-refractivity contribution is 6.08. The highest BCUT2D eigenvalue weighted by Crippen LogP contribution is 2.60. The second-order valence-corrected chi connectivity index (χ2v) is 6.66. The van der Waals surface area contributed by atoms with Gasteiger partial charge in [-0.1, -0.05) is 48.5 Å². The van der Waals surface area contributed by atoms with E-state index in [0.717, 1.165) is 11.1 Å². The van der Waals surface area contributed by atoms with Gasteiger partial charge in [0.2, 0.25) is 5.91 Å². The number of nitrogens with zero attached hydrogens (tertiary/aromatic N) is 3. The first kappa shape index (κ1) is 15.4. The number of nitriles is 2. The molecular formula is C20H16N4O. The molecule has 122 valence electrons. The molecule has 0 aromatic heterocycles. The average Bonchev–Trinajstić information content (AvgIpc) is 3.08. The molecule has 1 fully saturated rings. The topological polar surface area (TPSA) is 79.9 Å². The van der Waals surface area contributed by atoms with Gasteiger partial charge < -0.3 is 5.32 Å². The van der Waals surface area contributed by atoms with Crippen molar-refractivity contribution in [3.8, 4) is 12.1 Å². The number of benzene rings is 2. The summed E-state index contributed by atoms with van der Waals surface area (Å²) in [6.45, 7) is 0.316. The van der Waals surface area contributed by atoms with Crippen LogP contribution in [0.4, 0.5) is 5.69 Å². The SMILES string of the molecule is CN1C[C@@]2(C(=O)Nc3ccccc32)C(C#N)(C#N)[C@@H]1c1ccccc1. The molecule has 2 aliphatic rings. The van der Waals surface area contributed by atoms with E-state index < -0.39 is 16.9 Å². The molecule has 0 bridgehead atoms. The fourth-order valence-electron chi connectivity index (χ4n) is 4.50. The Hall–Kier alpha value is -3.15. The van der Waals surface area contributed by atoms with E-state index >= 15 is 0 Å². The number of amides is 1. The minimum Gasteiger partial charge on any atom is -0.325 e. The van der Waals surface area contributed by atoms with Crippen LogP contribution in [0.5, 0.6) is 0 Å². The number of para-hydroxylation sites is 1. The van der Waals surface area contributed by atoms with E-state index in [-0.39, 0.29) is 5.91 Å². The van der Waals surface area contributed by atoms with Crippen molar-refractivity contribution in [1.29, 1.82) is 10.5 Å². The quantitative estimate of drug-likeness (QED) is 0.872. The first-order chi connectivity index (χ1) is 12.1. The second kappa shape index (κ2) is 5.17. The van der Waals surface area contributed by atoms with E-state index in [4.69, 9.17) is 0 Å². The number of carbonyl (C=O) groups excluding carboxylic acids is 1. The maximum absolute atomic E-state index is 13.1. The number of likely N-dealkylation sites (tertiary alicyclic amines) is 1. The minimum atomic E-state index is -1.51. The lowest BCUT2D eigenvalue weighted by atomic mass is 9.60. The molecule has 0 radical (unpaired) electrons. The van der Waals surface area contributed by atoms with E-state index in [1.807, 2.05) is 66.5 Å². The molecule has 25 heavy (non-hydrogen) atoms. The van der Waals surface area contributed by atoms with Gasteiger partial charge in [0, 0.05) is 12.2 Å². The summed E-state index contributed by atoms with van der Waals surface area (Å²) in [6, 6.07) is 20.8. The fourth-order valence-corrected chi connectivity index (χ4v) is 4.50. The summed E-state index contributed by atoms with van der Waals surface area (Å²) in [4.78, 5) is 15.0. The summed E-state index contributed by atoms with van der Waals surface area (Å²) in [5.74, 6) is -0.276. The van der Waals surface area contributed by atoms with Crippen molar-refractivity contribution in [2.45, 2.75) is 11.5 Å². The molecule has 0 unspecified atom stereocenters. The highest BCUT2D eigenvalue weighted by atomic mass is 16.2. The third kappa shape index (κ3) is 1.71. The first-order valence-corrected chi connectivity index (χ1v) is 8.09. The Morgan fingerprint density at radius 1 is 1.08 bits per heavy atom. The van der Waals surface area contributed by atoms with Crippen molar-refractivity contribution >= 4 is 11.6 Å². The molecule has 1 saturated heterocycles. The van der Waals surface area contributed by atoms with Gasteiger partial charge in [-0.25, -0.2) is 0 Å². The zero-order chi connectivity index (χ0) is 17.7. The number of fused-ring (bicyclic) bond motifs is 2. The van der Waals surface area contributed by atoms with E-state index in [9.17, 15) is 15.3 Å². The molecular weight excluding hydrogens is 312 g/mol. The lowest BCUT2D eigenvalue weighted by molar-refractivity contribution is -0.122. The third-order valence-corrected chi connectivity index (χ3v) is 5.50. The predicted molar refractivity (Wildman–Crippen MR) is 92.2 cm³/mol. The molecule has 1 amide bonds. The molecule has 2 aliphatic heterocycles. The van der Waals surface area contributed by atoms with Crippen molar-refractivity contribution in [2.24, 2.45) is 5.41 Å². The maximum Gasteiger partial charge on any atom is 0.239 e. The van der Waals surface area contributed by atoms with Crippen LogP contribution < -0.4 is 5.32 Å². The number of carbonyl (C=O) groups is 1. The normalized spacial score (nSPS) is 26.7. The van der Waals surface area contributed by atoms with Crippen LogP contribution in [-0.2, 0) is 10.2 Å². The van der Waals surface area contributed by atoms with Crippen molar-refractivity contribution < 1.29 is 4.79 Å². The van der Waals surface area contributed by atoms with Crippen LogP contribution in [0.15, 0.2) is 54.6 Å². The van der Waals surface area contributed by atoms with Gasteiger partial charge in [0.05, 0.1) is 18.2 Å². The lowest BCUT2D eigenvalue weighted by Crippen LogP contribution is -2.49. The zero-order valence-corrected chi connectivity index (χ0v) is 13.7. The monoisotopic (exact) mass is 328 g/mol. The van der Waals surface area contributed by atoms with Crippen LogP contribution in [-0.4, -0.2) is 24.4 Å². The fraction of sp³-hybridized carbons (Fsp3) is 0.250. The summed E-state index contributed by atoms with van der Waals surface area (Å²) < 4.78 is 0. The number of nitrogens with one attached hydrogen (secondary N) is 1. The largest absolute Gasteiger partial charge is 0.325 e. The van der Waals surface area contributed by atoms with E-state index in [2.05, 4.69) is 17.5 Å². The standard InChI is InChI=1S/C20H16N4O/c1-24-13-20(15-9-5-6-10-16(15)23-18(20)25)19(11-21,12-22)17(24)14-7-3-2-4-8-14/h2-10,17H,13H2,1H3,(H,23,25)/t17-,20+/m0/s1. The van der Waals surface area contributed by atoms with Gasteiger partial charge in [-0.3, -0.25) is 9.69 Å². The molecule has 0 aliphatic carbocycles. The van der Waals surface area contributed by atoms with Crippen LogP contribution in [0.3, 0.4) is 0 Å². The van der Waals surface area contributed by atoms with Gasteiger partial charge >= 0.3 is 0 Å². The highest BCUT2D eigenvalue weighted by Gasteiger charge is 2.71. The number of rotatable bonds is 1. The van der Waals surface area contributed by atoms with E-state index in [0.29, 0.717) is 12.2 Å². The van der Waals surface area contributed by atoms with Crippen molar-refractivity contribution in [3.05, 3.63) is 65.7 Å². The van der Waals surface area contributed by atoms with Gasteiger partial charge in [0.15, 0.2) is 5.41 Å². The Morgan fingerprint density at radius 2 is 1.72 bits per heavy atom. The number of anilines is 1. The van der Waals surface area contributed by atoms with Crippen molar-refractivity contribution in [1.82, 2.24) is 4.90 Å². The average molecular weight is 328 g/mol. The van der Waals surface area contributed by atoms with Crippen molar-refractivity contribution in [3.63, 3.8) is 0 Å². The van der Waals surface area contributed by atoms with Crippen LogP contribution >= 0.6 is 0 Å². The maximum atomic E-state index is 13.1. The Balaban J connectivity index is 2.02. The number of hydrogen-bond donors (Lipinski definition) is 1. The van der Waals surface area contributed by atoms with E-state index in [1.54, 1.807) is 0 Å². The van der Waals surface area contributed by atoms with E-state index in [1.165, 1.54) is 0 Å². The van der Waals surface area contributed by atoms with Gasteiger partial charge in [-0.15, -0.1) is 0 Å². The molecule has 4 rings (SSSR count). The molecule has 5 nitrogen and oxygen atoms in total. The summed E-state index contributed by atoms with van der Waals surface area (Å²) in [7, 11) is 1.87. The van der Waals surface area contributed by atoms with Crippen LogP contribution in [0, 0.1) is 28.1 Å². The summed E-state index contributed by atoms with van der Waals surface area (Å²) in [6.07, 6.45) is 0. The van der Waals surface area contributed by atoms with Crippen LogP contribution in [0.1, 0.15) is 17.2 Å². The molecule has 5 heteroatoms. The molecule has 1 N–H and O–H groups in total. The summed E-state index contributed by atoms with van der Waals surface area (Å²) in [5, 5.41) is 23.2. The third-order valence-electron chi connectivity index (χ3n) is 5.50. The Labute approximate surface area is 146 Å². The number of likely N-dealkylation sites (N-methyl/N-ethyl adjacent to an activating group) is 1. The molecule has 2 aromatic carbocycles. The second-order valence-electron chi connectivity index (χ2n) is 6.66. The van der Waals surface area contributed by atoms with Crippen LogP contribution in [0.2, 0.25) is 0 Å². The predicted octanol–water partition coefficient (Wildman–Crippen LogP) is 2.60. The summed E-state index contributed by atoms with van der Waals surface area (Å²) >= 11 is 0. The first-order valence-electron chi connectivity index (χ1n) is 8.09. The summed E-state index contributed by atoms with van der Waals surface area (Å²) in [5.41, 5.74) is -0.442. The van der Waals surface area contributed by atoms with Crippen molar-refractivity contribution in [2.75, 3.05) is 18.9 Å². The minimum absolute atomic E-state index is 0.276. The molecule has 2 aromatic rings. The Bertz CT molecular complexity index is 926. The molecule has 1 spiro atoms. The Morgan fingerprint density at radius 3 is 2.40 bits per heavy atom. The van der Waals surface area contributed by atoms with Gasteiger partial charge in [-0.2, -0.15) is 10.5 Å². The smallest absolute Gasteiger partial charge is 0.239 e. The van der Waals surface area contributed by atoms with Gasteiger partial charge in [0.1, 0.15) is 5.41 Å². The molecule has 0 saturated carbocycles. The lowest BCUT2D eigenvalue weighted by Gasteiger charge is -2.33. The Kier molecular flexibility index (Phi) is 3.18. The van der Waals surface area contributed by atoms with Gasteiger partial charge in [0.25, 0.3) is 0 Å². The number of hydrogen-bond acceptors (Lipinski definition) is 4. The van der Waals surface area contributed by atoms with Crippen LogP contribution in [0.25, 0.3) is 0 Å². The van der Waals surface area contributed by atoms with Gasteiger partial charge in [-0.05, 0) is 24.2 Å².